The van der Waals surface area contributed by atoms with Crippen molar-refractivity contribution in [1.82, 2.24) is 15.0 Å². The number of para-hydroxylation sites is 1. The van der Waals surface area contributed by atoms with E-state index in [1.807, 2.05) is 72.8 Å². The van der Waals surface area contributed by atoms with Gasteiger partial charge in [-0.25, -0.2) is 15.0 Å². The smallest absolute Gasteiger partial charge is 0.164 e. The zero-order valence-corrected chi connectivity index (χ0v) is 27.7. The minimum absolute atomic E-state index is 0.0663. The monoisotopic (exact) mass is 696 g/mol. The van der Waals surface area contributed by atoms with Gasteiger partial charge >= 0.3 is 0 Å². The lowest BCUT2D eigenvalue weighted by molar-refractivity contribution is 0.669. The zero-order chi connectivity index (χ0) is 44.2. The van der Waals surface area contributed by atoms with E-state index in [2.05, 4.69) is 0 Å². The van der Waals surface area contributed by atoms with Crippen molar-refractivity contribution < 1.29 is 19.5 Å². The molecule has 2 heterocycles. The summed E-state index contributed by atoms with van der Waals surface area (Å²) in [5.41, 5.74) is 2.04. The lowest BCUT2D eigenvalue weighted by atomic mass is 9.93. The number of fused-ring (bicyclic) bond motifs is 5. The average molecular weight is 697 g/mol. The first-order valence-corrected chi connectivity index (χ1v) is 16.7. The Bertz CT molecular complexity index is 3570. The maximum absolute atomic E-state index is 9.23. The highest BCUT2D eigenvalue weighted by Crippen LogP contribution is 2.42. The molecule has 244 valence electrons. The van der Waals surface area contributed by atoms with Gasteiger partial charge in [-0.2, -0.15) is 0 Å². The molecule has 2 aromatic heterocycles. The van der Waals surface area contributed by atoms with Crippen molar-refractivity contribution in [3.8, 4) is 56.4 Å². The fraction of sp³-hybridized carbons (Fsp3) is 0. The summed E-state index contributed by atoms with van der Waals surface area (Å²) in [6.45, 7) is 0. The Labute approximate surface area is 320 Å². The maximum atomic E-state index is 9.23. The van der Waals surface area contributed by atoms with Crippen LogP contribution in [0.15, 0.2) is 174 Å². The Balaban J connectivity index is 1.24. The number of aromatic nitrogens is 3. The number of rotatable bonds is 5. The highest BCUT2D eigenvalue weighted by Gasteiger charge is 2.19. The van der Waals surface area contributed by atoms with Crippen molar-refractivity contribution in [2.75, 3.05) is 0 Å². The van der Waals surface area contributed by atoms with Crippen LogP contribution in [-0.4, -0.2) is 15.0 Å². The number of hydrogen-bond donors (Lipinski definition) is 0. The summed E-state index contributed by atoms with van der Waals surface area (Å²) in [5.74, 6) is 0.107. The van der Waals surface area contributed by atoms with Gasteiger partial charge in [-0.05, 0) is 62.0 Å². The van der Waals surface area contributed by atoms with Crippen molar-refractivity contribution in [3.63, 3.8) is 0 Å². The van der Waals surface area contributed by atoms with Crippen LogP contribution in [0.1, 0.15) is 15.1 Å². The molecular formula is C47H28ClN3O. The summed E-state index contributed by atoms with van der Waals surface area (Å²) >= 11 is 6.68. The summed E-state index contributed by atoms with van der Waals surface area (Å²) < 4.78 is 102. The van der Waals surface area contributed by atoms with E-state index >= 15 is 0 Å². The Morgan fingerprint density at radius 2 is 1.15 bits per heavy atom. The van der Waals surface area contributed by atoms with E-state index in [1.165, 1.54) is 0 Å². The van der Waals surface area contributed by atoms with E-state index in [-0.39, 0.29) is 40.1 Å². The Morgan fingerprint density at radius 1 is 0.462 bits per heavy atom. The minimum Gasteiger partial charge on any atom is -0.456 e. The Kier molecular flexibility index (Phi) is 4.95. The summed E-state index contributed by atoms with van der Waals surface area (Å²) in [6, 6.07) is 25.7. The molecule has 0 aliphatic heterocycles. The standard InChI is InChI=1S/C47H28ClN3O/c48-35-27-41(44-40-14-6-7-19-42(40)52-43(44)28-35)38-17-8-16-37-36(38)15-9-18-39(37)47-50-45(32-23-20-31(21-24-32)29-10-2-1-3-11-29)49-46(51-47)34-25-22-30-12-4-5-13-33(30)26-34/h1-28H/i1D,2D,3D,6D,10D,11D,20D,21D,23D,24D,27D. The second-order valence-electron chi connectivity index (χ2n) is 12.1. The molecule has 0 spiro atoms. The fourth-order valence-corrected chi connectivity index (χ4v) is 6.80. The molecule has 4 nitrogen and oxygen atoms in total. The molecule has 0 unspecified atom stereocenters. The average Bonchev–Trinajstić information content (AvgIpc) is 3.64. The molecule has 10 aromatic rings. The number of hydrogen-bond acceptors (Lipinski definition) is 4. The van der Waals surface area contributed by atoms with Crippen LogP contribution in [0.3, 0.4) is 0 Å². The van der Waals surface area contributed by atoms with Crippen LogP contribution in [-0.2, 0) is 0 Å². The fourth-order valence-electron chi connectivity index (χ4n) is 6.61. The number of halogens is 1. The third kappa shape index (κ3) is 5.20. The van der Waals surface area contributed by atoms with Gasteiger partial charge in [-0.15, -0.1) is 0 Å². The first-order chi connectivity index (χ1) is 30.2. The summed E-state index contributed by atoms with van der Waals surface area (Å²) in [4.78, 5) is 14.6. The van der Waals surface area contributed by atoms with Crippen LogP contribution in [0.4, 0.5) is 0 Å². The second kappa shape index (κ2) is 12.3. The SMILES string of the molecule is [2H]c1ccc2oc3cc(Cl)c([2H])c(-c4cccc5c(-c6nc(-c7ccc8ccccc8c7)nc(-c7c([2H])c([2H])c(-c8c([2H])c([2H])c([2H])c([2H])c8[2H])c([2H])c7[2H])n6)cccc45)c3c2c1. The molecule has 0 amide bonds. The molecule has 0 N–H and O–H groups in total. The van der Waals surface area contributed by atoms with E-state index in [4.69, 9.17) is 41.9 Å². The molecule has 0 fully saturated rings. The van der Waals surface area contributed by atoms with E-state index in [9.17, 15) is 4.11 Å². The van der Waals surface area contributed by atoms with Gasteiger partial charge < -0.3 is 4.42 Å². The van der Waals surface area contributed by atoms with E-state index < -0.39 is 65.5 Å². The van der Waals surface area contributed by atoms with Gasteiger partial charge in [0.05, 0.1) is 15.1 Å². The summed E-state index contributed by atoms with van der Waals surface area (Å²) in [7, 11) is 0. The first kappa shape index (κ1) is 20.9. The van der Waals surface area contributed by atoms with Crippen molar-refractivity contribution in [2.45, 2.75) is 0 Å². The van der Waals surface area contributed by atoms with Gasteiger partial charge in [0, 0.05) is 38.6 Å². The third-order valence-corrected chi connectivity index (χ3v) is 9.19. The summed E-state index contributed by atoms with van der Waals surface area (Å²) in [6.07, 6.45) is 0. The van der Waals surface area contributed by atoms with E-state index in [1.54, 1.807) is 30.3 Å². The third-order valence-electron chi connectivity index (χ3n) is 8.99. The molecule has 0 aliphatic carbocycles. The minimum atomic E-state index is -0.675. The Morgan fingerprint density at radius 3 is 1.98 bits per heavy atom. The van der Waals surface area contributed by atoms with E-state index in [0.29, 0.717) is 55.0 Å². The van der Waals surface area contributed by atoms with Crippen LogP contribution < -0.4 is 0 Å². The number of benzene rings is 8. The Hall–Kier alpha value is -6.62. The molecule has 52 heavy (non-hydrogen) atoms. The molecule has 0 saturated carbocycles. The predicted molar refractivity (Wildman–Crippen MR) is 214 cm³/mol. The van der Waals surface area contributed by atoms with Gasteiger partial charge in [0.25, 0.3) is 0 Å². The number of furan rings is 1. The van der Waals surface area contributed by atoms with Crippen molar-refractivity contribution in [2.24, 2.45) is 0 Å². The molecule has 0 saturated heterocycles. The van der Waals surface area contributed by atoms with Crippen LogP contribution in [0, 0.1) is 0 Å². The normalized spacial score (nSPS) is 14.5. The molecule has 10 rings (SSSR count). The molecule has 5 heteroatoms. The molecule has 0 radical (unpaired) electrons. The van der Waals surface area contributed by atoms with Crippen LogP contribution in [0.25, 0.3) is 99.9 Å². The molecule has 8 aromatic carbocycles. The largest absolute Gasteiger partial charge is 0.456 e. The topological polar surface area (TPSA) is 51.8 Å². The highest BCUT2D eigenvalue weighted by molar-refractivity contribution is 6.32. The summed E-state index contributed by atoms with van der Waals surface area (Å²) in [5, 5.41) is 4.68. The van der Waals surface area contributed by atoms with Gasteiger partial charge in [-0.3, -0.25) is 0 Å². The van der Waals surface area contributed by atoms with Gasteiger partial charge in [0.1, 0.15) is 11.2 Å². The molecular weight excluding hydrogens is 658 g/mol. The highest BCUT2D eigenvalue weighted by atomic mass is 35.5. The van der Waals surface area contributed by atoms with E-state index in [0.717, 1.165) is 10.8 Å². The van der Waals surface area contributed by atoms with Crippen LogP contribution in [0.2, 0.25) is 5.02 Å². The number of nitrogens with zero attached hydrogens (tertiary/aromatic N) is 3. The maximum Gasteiger partial charge on any atom is 0.164 e. The van der Waals surface area contributed by atoms with Gasteiger partial charge in [0.2, 0.25) is 0 Å². The zero-order valence-electron chi connectivity index (χ0n) is 37.9. The molecule has 0 atom stereocenters. The van der Waals surface area contributed by atoms with Crippen LogP contribution >= 0.6 is 11.6 Å². The van der Waals surface area contributed by atoms with Crippen molar-refractivity contribution in [1.29, 1.82) is 0 Å². The van der Waals surface area contributed by atoms with Gasteiger partial charge in [-0.1, -0.05) is 157 Å². The first-order valence-electron chi connectivity index (χ1n) is 21.8. The van der Waals surface area contributed by atoms with Crippen molar-refractivity contribution in [3.05, 3.63) is 175 Å². The lowest BCUT2D eigenvalue weighted by Crippen LogP contribution is -2.01. The van der Waals surface area contributed by atoms with Gasteiger partial charge in [0.15, 0.2) is 17.5 Å². The van der Waals surface area contributed by atoms with Crippen molar-refractivity contribution >= 4 is 55.1 Å². The lowest BCUT2D eigenvalue weighted by Gasteiger charge is -2.13. The quantitative estimate of drug-likeness (QED) is 0.180. The predicted octanol–water partition coefficient (Wildman–Crippen LogP) is 13.1. The second-order valence-corrected chi connectivity index (χ2v) is 12.5. The molecule has 0 aliphatic rings. The molecule has 0 bridgehead atoms. The van der Waals surface area contributed by atoms with Crippen LogP contribution in [0.5, 0.6) is 0 Å².